The highest BCUT2D eigenvalue weighted by Crippen LogP contribution is 2.20. The molecular weight excluding hydrogens is 274 g/mol. The Hall–Kier alpha value is -1.38. The smallest absolute Gasteiger partial charge is 0.167 e. The number of carbonyl (C=O) groups excluding carboxylic acids is 1. The van der Waals surface area contributed by atoms with Gasteiger partial charge in [-0.1, -0.05) is 35.3 Å². The van der Waals surface area contributed by atoms with Gasteiger partial charge in [-0.15, -0.1) is 0 Å². The molecule has 0 radical (unpaired) electrons. The lowest BCUT2D eigenvalue weighted by molar-refractivity contribution is 0.0993. The molecular formula is C14H9Cl2FO. The maximum atomic E-state index is 13.0. The lowest BCUT2D eigenvalue weighted by atomic mass is 10.0. The van der Waals surface area contributed by atoms with Crippen molar-refractivity contribution in [1.82, 2.24) is 0 Å². The van der Waals surface area contributed by atoms with Gasteiger partial charge in [-0.05, 0) is 35.9 Å². The number of benzene rings is 2. The number of ketones is 1. The summed E-state index contributed by atoms with van der Waals surface area (Å²) in [6.07, 6.45) is 0.119. The zero-order valence-corrected chi connectivity index (χ0v) is 10.8. The van der Waals surface area contributed by atoms with Gasteiger partial charge in [0.25, 0.3) is 0 Å². The van der Waals surface area contributed by atoms with Crippen molar-refractivity contribution in [3.05, 3.63) is 69.5 Å². The van der Waals surface area contributed by atoms with Gasteiger partial charge in [-0.2, -0.15) is 0 Å². The molecule has 2 rings (SSSR count). The van der Waals surface area contributed by atoms with E-state index in [9.17, 15) is 9.18 Å². The first-order chi connectivity index (χ1) is 8.54. The summed E-state index contributed by atoms with van der Waals surface area (Å²) >= 11 is 11.7. The van der Waals surface area contributed by atoms with Crippen molar-refractivity contribution in [3.8, 4) is 0 Å². The second-order valence-electron chi connectivity index (χ2n) is 3.89. The third-order valence-electron chi connectivity index (χ3n) is 2.44. The molecule has 18 heavy (non-hydrogen) atoms. The van der Waals surface area contributed by atoms with Crippen molar-refractivity contribution in [2.45, 2.75) is 6.42 Å². The molecule has 0 aromatic heterocycles. The standard InChI is InChI=1S/C14H9Cl2FO/c15-11-6-10(7-12(16)8-11)14(18)5-9-2-1-3-13(17)4-9/h1-4,6-8H,5H2. The van der Waals surface area contributed by atoms with Crippen LogP contribution in [0.1, 0.15) is 15.9 Å². The maximum absolute atomic E-state index is 13.0. The fourth-order valence-corrected chi connectivity index (χ4v) is 2.18. The Labute approximate surface area is 114 Å². The van der Waals surface area contributed by atoms with E-state index >= 15 is 0 Å². The number of Topliss-reactive ketones (excluding diaryl/α,β-unsaturated/α-hetero) is 1. The predicted octanol–water partition coefficient (Wildman–Crippen LogP) is 4.56. The Morgan fingerprint density at radius 3 is 2.33 bits per heavy atom. The van der Waals surface area contributed by atoms with E-state index in [0.717, 1.165) is 0 Å². The number of carbonyl (C=O) groups is 1. The van der Waals surface area contributed by atoms with E-state index in [1.165, 1.54) is 12.1 Å². The Morgan fingerprint density at radius 2 is 1.72 bits per heavy atom. The molecule has 0 aliphatic rings. The molecule has 0 aliphatic heterocycles. The van der Waals surface area contributed by atoms with E-state index in [2.05, 4.69) is 0 Å². The summed E-state index contributed by atoms with van der Waals surface area (Å²) in [5.74, 6) is -0.505. The highest BCUT2D eigenvalue weighted by Gasteiger charge is 2.09. The second kappa shape index (κ2) is 5.51. The molecule has 0 saturated carbocycles. The highest BCUT2D eigenvalue weighted by molar-refractivity contribution is 6.35. The maximum Gasteiger partial charge on any atom is 0.167 e. The molecule has 2 aromatic carbocycles. The zero-order chi connectivity index (χ0) is 13.1. The summed E-state index contributed by atoms with van der Waals surface area (Å²) < 4.78 is 13.0. The molecule has 0 bridgehead atoms. The van der Waals surface area contributed by atoms with Gasteiger partial charge in [0.15, 0.2) is 5.78 Å². The number of rotatable bonds is 3. The SMILES string of the molecule is O=C(Cc1cccc(F)c1)c1cc(Cl)cc(Cl)c1. The van der Waals surface area contributed by atoms with E-state index in [0.29, 0.717) is 21.2 Å². The third kappa shape index (κ3) is 3.31. The fourth-order valence-electron chi connectivity index (χ4n) is 1.65. The molecule has 0 aliphatic carbocycles. The topological polar surface area (TPSA) is 17.1 Å². The molecule has 0 fully saturated rings. The molecule has 0 amide bonds. The molecule has 4 heteroatoms. The van der Waals surface area contributed by atoms with E-state index in [1.54, 1.807) is 30.3 Å². The van der Waals surface area contributed by atoms with Gasteiger partial charge >= 0.3 is 0 Å². The molecule has 0 heterocycles. The van der Waals surface area contributed by atoms with Crippen LogP contribution in [0.5, 0.6) is 0 Å². The van der Waals surface area contributed by atoms with Crippen LogP contribution in [0, 0.1) is 5.82 Å². The largest absolute Gasteiger partial charge is 0.294 e. The van der Waals surface area contributed by atoms with Gasteiger partial charge in [0.05, 0.1) is 0 Å². The van der Waals surface area contributed by atoms with Crippen LogP contribution in [-0.4, -0.2) is 5.78 Å². The number of halogens is 3. The van der Waals surface area contributed by atoms with E-state index < -0.39 is 0 Å². The van der Waals surface area contributed by atoms with Crippen molar-refractivity contribution in [1.29, 1.82) is 0 Å². The first kappa shape index (κ1) is 13.1. The zero-order valence-electron chi connectivity index (χ0n) is 9.29. The highest BCUT2D eigenvalue weighted by atomic mass is 35.5. The summed E-state index contributed by atoms with van der Waals surface area (Å²) in [6, 6.07) is 10.6. The average Bonchev–Trinajstić information content (AvgIpc) is 2.27. The van der Waals surface area contributed by atoms with Crippen molar-refractivity contribution >= 4 is 29.0 Å². The van der Waals surface area contributed by atoms with E-state index in [4.69, 9.17) is 23.2 Å². The number of hydrogen-bond acceptors (Lipinski definition) is 1. The minimum atomic E-state index is -0.357. The molecule has 0 unspecified atom stereocenters. The quantitative estimate of drug-likeness (QED) is 0.755. The van der Waals surface area contributed by atoms with Crippen molar-refractivity contribution < 1.29 is 9.18 Å². The summed E-state index contributed by atoms with van der Waals surface area (Å²) in [7, 11) is 0. The van der Waals surface area contributed by atoms with Crippen molar-refractivity contribution in [2.24, 2.45) is 0 Å². The Balaban J connectivity index is 2.22. The minimum Gasteiger partial charge on any atom is -0.294 e. The van der Waals surface area contributed by atoms with Crippen LogP contribution in [0.4, 0.5) is 4.39 Å². The van der Waals surface area contributed by atoms with Crippen molar-refractivity contribution in [3.63, 3.8) is 0 Å². The van der Waals surface area contributed by atoms with Crippen LogP contribution in [0.3, 0.4) is 0 Å². The van der Waals surface area contributed by atoms with Crippen LogP contribution in [0.25, 0.3) is 0 Å². The van der Waals surface area contributed by atoms with Gasteiger partial charge < -0.3 is 0 Å². The average molecular weight is 283 g/mol. The summed E-state index contributed by atoms with van der Waals surface area (Å²) in [5, 5.41) is 0.815. The Morgan fingerprint density at radius 1 is 1.06 bits per heavy atom. The van der Waals surface area contributed by atoms with Crippen molar-refractivity contribution in [2.75, 3.05) is 0 Å². The summed E-state index contributed by atoms with van der Waals surface area (Å²) in [6.45, 7) is 0. The molecule has 1 nitrogen and oxygen atoms in total. The van der Waals surface area contributed by atoms with Gasteiger partial charge in [-0.25, -0.2) is 4.39 Å². The number of hydrogen-bond donors (Lipinski definition) is 0. The normalized spacial score (nSPS) is 10.4. The molecule has 2 aromatic rings. The van der Waals surface area contributed by atoms with E-state index in [-0.39, 0.29) is 18.0 Å². The summed E-state index contributed by atoms with van der Waals surface area (Å²) in [5.41, 5.74) is 1.05. The molecule has 0 atom stereocenters. The van der Waals surface area contributed by atoms with Crippen LogP contribution in [-0.2, 0) is 6.42 Å². The monoisotopic (exact) mass is 282 g/mol. The first-order valence-electron chi connectivity index (χ1n) is 5.28. The van der Waals surface area contributed by atoms with Gasteiger partial charge in [0, 0.05) is 22.0 Å². The lowest BCUT2D eigenvalue weighted by Crippen LogP contribution is -2.03. The summed E-state index contributed by atoms with van der Waals surface area (Å²) in [4.78, 5) is 12.0. The Bertz CT molecular complexity index is 576. The molecule has 0 spiro atoms. The van der Waals surface area contributed by atoms with E-state index in [1.807, 2.05) is 0 Å². The van der Waals surface area contributed by atoms with Crippen LogP contribution in [0.2, 0.25) is 10.0 Å². The van der Waals surface area contributed by atoms with Gasteiger partial charge in [0.2, 0.25) is 0 Å². The third-order valence-corrected chi connectivity index (χ3v) is 2.87. The van der Waals surface area contributed by atoms with Gasteiger partial charge in [0.1, 0.15) is 5.82 Å². The predicted molar refractivity (Wildman–Crippen MR) is 70.9 cm³/mol. The Kier molecular flexibility index (Phi) is 4.00. The second-order valence-corrected chi connectivity index (χ2v) is 4.76. The minimum absolute atomic E-state index is 0.119. The van der Waals surface area contributed by atoms with Crippen LogP contribution >= 0.6 is 23.2 Å². The first-order valence-corrected chi connectivity index (χ1v) is 6.04. The molecule has 92 valence electrons. The van der Waals surface area contributed by atoms with Crippen LogP contribution < -0.4 is 0 Å². The van der Waals surface area contributed by atoms with Crippen LogP contribution in [0.15, 0.2) is 42.5 Å². The lowest BCUT2D eigenvalue weighted by Gasteiger charge is -2.03. The van der Waals surface area contributed by atoms with Gasteiger partial charge in [-0.3, -0.25) is 4.79 Å². The molecule has 0 N–H and O–H groups in total. The molecule has 0 saturated heterocycles. The fraction of sp³-hybridized carbons (Fsp3) is 0.0714.